The number of carbonyl (C=O) groups excluding carboxylic acids is 1. The lowest BCUT2D eigenvalue weighted by Crippen LogP contribution is -2.34. The number of esters is 1. The number of rotatable bonds is 11. The zero-order valence-electron chi connectivity index (χ0n) is 25.7. The summed E-state index contributed by atoms with van der Waals surface area (Å²) >= 11 is 0. The second-order valence-electron chi connectivity index (χ2n) is 11.3. The molecule has 1 saturated heterocycles. The predicted octanol–water partition coefficient (Wildman–Crippen LogP) is 4.38. The van der Waals surface area contributed by atoms with Crippen LogP contribution < -0.4 is 14.8 Å². The van der Waals surface area contributed by atoms with E-state index in [1.54, 1.807) is 24.5 Å². The number of methoxy groups -OCH3 is 1. The van der Waals surface area contributed by atoms with E-state index < -0.39 is 30.1 Å². The molecule has 1 fully saturated rings. The number of aromatic amines is 1. The number of aliphatic hydroxyl groups is 1. The monoisotopic (exact) mass is 599 g/mol. The average molecular weight is 600 g/mol. The fourth-order valence-corrected chi connectivity index (χ4v) is 4.98. The summed E-state index contributed by atoms with van der Waals surface area (Å²) in [5.74, 6) is 0.239. The van der Waals surface area contributed by atoms with Gasteiger partial charge in [-0.1, -0.05) is 31.2 Å². The third-order valence-electron chi connectivity index (χ3n) is 7.38. The van der Waals surface area contributed by atoms with Gasteiger partial charge in [-0.05, 0) is 58.2 Å². The number of unbranched alkanes of at least 4 members (excludes halogenated alkanes) is 1. The van der Waals surface area contributed by atoms with Crippen LogP contribution >= 0.6 is 0 Å². The van der Waals surface area contributed by atoms with E-state index in [1.807, 2.05) is 52.0 Å². The molecule has 236 valence electrons. The maximum atomic E-state index is 13.6. The summed E-state index contributed by atoms with van der Waals surface area (Å²) in [5.41, 5.74) is 0.861. The number of nitrogens with one attached hydrogen (secondary N) is 2. The summed E-state index contributed by atoms with van der Waals surface area (Å²) in [7, 11) is 1.52. The number of aliphatic hydroxyl groups excluding tert-OH is 1. The largest absolute Gasteiger partial charge is 0.493 e. The van der Waals surface area contributed by atoms with Crippen molar-refractivity contribution in [2.75, 3.05) is 27.1 Å². The van der Waals surface area contributed by atoms with Gasteiger partial charge < -0.3 is 43.8 Å². The Bertz CT molecular complexity index is 1230. The van der Waals surface area contributed by atoms with Crippen LogP contribution in [0.4, 0.5) is 0 Å². The van der Waals surface area contributed by atoms with Crippen molar-refractivity contribution in [2.45, 2.75) is 83.7 Å². The topological polar surface area (TPSA) is 133 Å². The van der Waals surface area contributed by atoms with Crippen LogP contribution in [0.2, 0.25) is 0 Å². The molecule has 2 aliphatic heterocycles. The van der Waals surface area contributed by atoms with Crippen LogP contribution in [-0.2, 0) is 25.5 Å². The molecule has 0 bridgehead atoms. The number of ether oxygens (including phenoxy) is 6. The van der Waals surface area contributed by atoms with Crippen molar-refractivity contribution < 1.29 is 38.3 Å². The van der Waals surface area contributed by atoms with Crippen molar-refractivity contribution in [3.05, 3.63) is 59.7 Å². The van der Waals surface area contributed by atoms with E-state index in [0.717, 1.165) is 25.2 Å². The summed E-state index contributed by atoms with van der Waals surface area (Å²) in [5, 5.41) is 14.3. The van der Waals surface area contributed by atoms with Gasteiger partial charge in [0.1, 0.15) is 41.2 Å². The maximum absolute atomic E-state index is 13.6. The van der Waals surface area contributed by atoms with Gasteiger partial charge in [0.2, 0.25) is 0 Å². The lowest BCUT2D eigenvalue weighted by Gasteiger charge is -2.23. The Balaban J connectivity index is 1.54. The molecular formula is C32H45N3O8. The summed E-state index contributed by atoms with van der Waals surface area (Å²) in [4.78, 5) is 20.8. The highest BCUT2D eigenvalue weighted by molar-refractivity contribution is 5.97. The van der Waals surface area contributed by atoms with Crippen molar-refractivity contribution in [3.63, 3.8) is 0 Å². The van der Waals surface area contributed by atoms with E-state index in [-0.39, 0.29) is 24.4 Å². The molecule has 2 aromatic rings. The van der Waals surface area contributed by atoms with Gasteiger partial charge >= 0.3 is 5.97 Å². The van der Waals surface area contributed by atoms with Gasteiger partial charge in [-0.15, -0.1) is 0 Å². The number of fused-ring (bicyclic) bond motifs is 2. The number of H-pyrrole nitrogens is 1. The van der Waals surface area contributed by atoms with E-state index in [9.17, 15) is 9.90 Å². The van der Waals surface area contributed by atoms with Crippen molar-refractivity contribution in [3.8, 4) is 11.5 Å². The SMILES string of the molecule is COCOc1cc(OCCCCNCc2ncc[nH]2)cc2c1C(=O)O[C@@H](C)[C@H](C)C=CC(O)C1OC(C)(C)O[C@H]1CC=C2. The van der Waals surface area contributed by atoms with E-state index in [2.05, 4.69) is 15.3 Å². The second-order valence-corrected chi connectivity index (χ2v) is 11.3. The molecule has 11 heteroatoms. The van der Waals surface area contributed by atoms with E-state index in [4.69, 9.17) is 28.4 Å². The van der Waals surface area contributed by atoms with Gasteiger partial charge in [-0.25, -0.2) is 9.78 Å². The minimum Gasteiger partial charge on any atom is -0.493 e. The highest BCUT2D eigenvalue weighted by atomic mass is 16.8. The third kappa shape index (κ3) is 9.38. The third-order valence-corrected chi connectivity index (χ3v) is 7.38. The molecule has 0 aliphatic carbocycles. The minimum absolute atomic E-state index is 0.0508. The first-order valence-corrected chi connectivity index (χ1v) is 14.9. The molecule has 3 heterocycles. The van der Waals surface area contributed by atoms with Gasteiger partial charge in [0.15, 0.2) is 12.6 Å². The standard InChI is InChI=1S/C32H45N3O8/c1-21-11-12-25(36)30-26(42-32(3,4)43-30)10-8-9-23-17-24(39-16-7-6-13-33-19-28-34-14-15-35-28)18-27(40-20-38-5)29(23)31(37)41-22(21)2/h8-9,11-12,14-15,17-18,21-22,25-26,30,33,36H,6-7,10,13,16,19-20H2,1-5H3,(H,34,35)/t21-,22+,25?,26+,30?/m1/s1. The zero-order chi connectivity index (χ0) is 30.8. The summed E-state index contributed by atoms with van der Waals surface area (Å²) in [6.07, 6.45) is 10.7. The quantitative estimate of drug-likeness (QED) is 0.148. The molecule has 5 atom stereocenters. The lowest BCUT2D eigenvalue weighted by molar-refractivity contribution is -0.152. The van der Waals surface area contributed by atoms with Crippen molar-refractivity contribution in [1.82, 2.24) is 15.3 Å². The van der Waals surface area contributed by atoms with Crippen LogP contribution in [0.15, 0.2) is 42.8 Å². The highest BCUT2D eigenvalue weighted by Crippen LogP contribution is 2.35. The van der Waals surface area contributed by atoms with Crippen LogP contribution in [-0.4, -0.2) is 78.3 Å². The molecule has 1 aromatic heterocycles. The molecule has 11 nitrogen and oxygen atoms in total. The Morgan fingerprint density at radius 3 is 2.77 bits per heavy atom. The molecule has 2 aliphatic rings. The molecule has 1 aromatic carbocycles. The molecule has 4 rings (SSSR count). The molecular weight excluding hydrogens is 554 g/mol. The van der Waals surface area contributed by atoms with Gasteiger partial charge in [-0.2, -0.15) is 0 Å². The maximum Gasteiger partial charge on any atom is 0.342 e. The fourth-order valence-electron chi connectivity index (χ4n) is 4.98. The summed E-state index contributed by atoms with van der Waals surface area (Å²) in [6, 6.07) is 3.51. The van der Waals surface area contributed by atoms with Gasteiger partial charge in [0.05, 0.1) is 19.3 Å². The van der Waals surface area contributed by atoms with E-state index in [0.29, 0.717) is 36.6 Å². The van der Waals surface area contributed by atoms with E-state index >= 15 is 0 Å². The first-order valence-electron chi connectivity index (χ1n) is 14.9. The smallest absolute Gasteiger partial charge is 0.342 e. The Hall–Kier alpha value is -3.22. The zero-order valence-corrected chi connectivity index (χ0v) is 25.7. The van der Waals surface area contributed by atoms with Crippen LogP contribution in [0.3, 0.4) is 0 Å². The number of imidazole rings is 1. The summed E-state index contributed by atoms with van der Waals surface area (Å²) < 4.78 is 35.1. The number of benzene rings is 1. The number of nitrogens with zero attached hydrogens (tertiary/aromatic N) is 1. The fraction of sp³-hybridized carbons (Fsp3) is 0.562. The highest BCUT2D eigenvalue weighted by Gasteiger charge is 2.43. The predicted molar refractivity (Wildman–Crippen MR) is 161 cm³/mol. The Morgan fingerprint density at radius 2 is 2.00 bits per heavy atom. The Morgan fingerprint density at radius 1 is 1.16 bits per heavy atom. The van der Waals surface area contributed by atoms with Crippen LogP contribution in [0.5, 0.6) is 11.5 Å². The van der Waals surface area contributed by atoms with Crippen molar-refractivity contribution in [2.24, 2.45) is 5.92 Å². The van der Waals surface area contributed by atoms with Gasteiger partial charge in [0, 0.05) is 31.5 Å². The van der Waals surface area contributed by atoms with Crippen LogP contribution in [0, 0.1) is 5.92 Å². The van der Waals surface area contributed by atoms with Gasteiger partial charge in [0.25, 0.3) is 0 Å². The minimum atomic E-state index is -0.879. The molecule has 2 unspecified atom stereocenters. The number of hydrogen-bond acceptors (Lipinski definition) is 10. The van der Waals surface area contributed by atoms with Crippen molar-refractivity contribution >= 4 is 12.0 Å². The normalized spacial score (nSPS) is 25.4. The van der Waals surface area contributed by atoms with E-state index in [1.165, 1.54) is 7.11 Å². The number of carbonyl (C=O) groups is 1. The molecule has 3 N–H and O–H groups in total. The molecule has 0 spiro atoms. The van der Waals surface area contributed by atoms with Crippen molar-refractivity contribution in [1.29, 1.82) is 0 Å². The summed E-state index contributed by atoms with van der Waals surface area (Å²) in [6.45, 7) is 9.36. The Kier molecular flexibility index (Phi) is 11.8. The van der Waals surface area contributed by atoms with Crippen LogP contribution in [0.1, 0.15) is 68.7 Å². The molecule has 0 amide bonds. The second kappa shape index (κ2) is 15.5. The Labute approximate surface area is 253 Å². The first kappa shape index (κ1) is 32.7. The van der Waals surface area contributed by atoms with Gasteiger partial charge in [-0.3, -0.25) is 0 Å². The molecule has 0 radical (unpaired) electrons. The average Bonchev–Trinajstić information content (AvgIpc) is 3.60. The molecule has 0 saturated carbocycles. The van der Waals surface area contributed by atoms with Crippen LogP contribution in [0.25, 0.3) is 6.08 Å². The lowest BCUT2D eigenvalue weighted by atomic mass is 9.99. The number of aromatic nitrogens is 2. The number of hydrogen-bond donors (Lipinski definition) is 3. The first-order chi connectivity index (χ1) is 20.7. The molecule has 43 heavy (non-hydrogen) atoms. The number of cyclic esters (lactones) is 1.